The number of Topliss-reactive ketones (excluding diaryl/α,β-unsaturated/α-hetero) is 2. The van der Waals surface area contributed by atoms with Gasteiger partial charge in [-0.05, 0) is 61.7 Å². The molecular formula is C21H32O3. The third-order valence-electron chi connectivity index (χ3n) is 8.88. The SMILES string of the molecule is CC[C@H]1C(=O)CC[C@@]2(C)C1[C@@H](O)C[C@@H]1[C@@H]2CC[C@]2(C)C(=O)CC[C@@H]12. The monoisotopic (exact) mass is 332 g/mol. The summed E-state index contributed by atoms with van der Waals surface area (Å²) in [6.45, 7) is 6.64. The van der Waals surface area contributed by atoms with Gasteiger partial charge in [0, 0.05) is 30.1 Å². The maximum atomic E-state index is 12.5. The lowest BCUT2D eigenvalue weighted by Crippen LogP contribution is -2.60. The predicted molar refractivity (Wildman–Crippen MR) is 92.3 cm³/mol. The fourth-order valence-electron chi connectivity index (χ4n) is 7.66. The van der Waals surface area contributed by atoms with Gasteiger partial charge in [-0.1, -0.05) is 20.8 Å². The van der Waals surface area contributed by atoms with Crippen LogP contribution in [0.3, 0.4) is 0 Å². The van der Waals surface area contributed by atoms with Gasteiger partial charge in [-0.3, -0.25) is 9.59 Å². The summed E-state index contributed by atoms with van der Waals surface area (Å²) in [4.78, 5) is 24.9. The summed E-state index contributed by atoms with van der Waals surface area (Å²) in [7, 11) is 0. The molecule has 24 heavy (non-hydrogen) atoms. The molecule has 0 spiro atoms. The number of carbonyl (C=O) groups excluding carboxylic acids is 2. The van der Waals surface area contributed by atoms with Crippen molar-refractivity contribution in [2.75, 3.05) is 0 Å². The molecule has 0 aromatic carbocycles. The van der Waals surface area contributed by atoms with Crippen LogP contribution in [0, 0.1) is 40.4 Å². The van der Waals surface area contributed by atoms with Crippen molar-refractivity contribution < 1.29 is 14.7 Å². The van der Waals surface area contributed by atoms with Crippen molar-refractivity contribution in [3.05, 3.63) is 0 Å². The average molecular weight is 332 g/mol. The highest BCUT2D eigenvalue weighted by molar-refractivity contribution is 5.87. The lowest BCUT2D eigenvalue weighted by molar-refractivity contribution is -0.178. The van der Waals surface area contributed by atoms with Gasteiger partial charge in [0.25, 0.3) is 0 Å². The van der Waals surface area contributed by atoms with E-state index in [1.54, 1.807) is 0 Å². The maximum absolute atomic E-state index is 12.5. The number of carbonyl (C=O) groups is 2. The zero-order valence-corrected chi connectivity index (χ0v) is 15.4. The van der Waals surface area contributed by atoms with E-state index in [1.807, 2.05) is 0 Å². The maximum Gasteiger partial charge on any atom is 0.139 e. The van der Waals surface area contributed by atoms with Crippen LogP contribution in [0.25, 0.3) is 0 Å². The highest BCUT2D eigenvalue weighted by Gasteiger charge is 2.63. The zero-order valence-electron chi connectivity index (χ0n) is 15.4. The normalized spacial score (nSPS) is 54.2. The number of hydrogen-bond donors (Lipinski definition) is 1. The Bertz CT molecular complexity index is 569. The molecule has 0 aromatic rings. The van der Waals surface area contributed by atoms with Gasteiger partial charge in [-0.2, -0.15) is 0 Å². The first kappa shape index (κ1) is 16.8. The van der Waals surface area contributed by atoms with Gasteiger partial charge >= 0.3 is 0 Å². The van der Waals surface area contributed by atoms with Crippen molar-refractivity contribution >= 4 is 11.6 Å². The number of fused-ring (bicyclic) bond motifs is 5. The Kier molecular flexibility index (Phi) is 3.77. The van der Waals surface area contributed by atoms with Gasteiger partial charge in [0.2, 0.25) is 0 Å². The topological polar surface area (TPSA) is 54.4 Å². The fraction of sp³-hybridized carbons (Fsp3) is 0.905. The molecular weight excluding hydrogens is 300 g/mol. The van der Waals surface area contributed by atoms with Crippen LogP contribution < -0.4 is 0 Å². The van der Waals surface area contributed by atoms with E-state index in [0.717, 1.165) is 44.9 Å². The van der Waals surface area contributed by atoms with E-state index < -0.39 is 0 Å². The van der Waals surface area contributed by atoms with E-state index in [2.05, 4.69) is 20.8 Å². The lowest BCUT2D eigenvalue weighted by Gasteiger charge is -2.62. The Morgan fingerprint density at radius 1 is 1.08 bits per heavy atom. The molecule has 3 nitrogen and oxygen atoms in total. The van der Waals surface area contributed by atoms with Crippen molar-refractivity contribution in [2.24, 2.45) is 40.4 Å². The van der Waals surface area contributed by atoms with Crippen molar-refractivity contribution in [2.45, 2.75) is 78.2 Å². The van der Waals surface area contributed by atoms with Crippen LogP contribution >= 0.6 is 0 Å². The molecule has 0 aliphatic heterocycles. The predicted octanol–water partition coefficient (Wildman–Crippen LogP) is 3.77. The minimum atomic E-state index is -0.372. The minimum Gasteiger partial charge on any atom is -0.393 e. The number of aliphatic hydroxyl groups excluding tert-OH is 1. The van der Waals surface area contributed by atoms with Crippen molar-refractivity contribution in [3.8, 4) is 0 Å². The van der Waals surface area contributed by atoms with E-state index in [0.29, 0.717) is 35.7 Å². The fourth-order valence-corrected chi connectivity index (χ4v) is 7.66. The summed E-state index contributed by atoms with van der Waals surface area (Å²) in [5, 5.41) is 11.1. The summed E-state index contributed by atoms with van der Waals surface area (Å²) in [6, 6.07) is 0. The van der Waals surface area contributed by atoms with Crippen molar-refractivity contribution in [1.82, 2.24) is 0 Å². The molecule has 3 heteroatoms. The van der Waals surface area contributed by atoms with Crippen molar-refractivity contribution in [3.63, 3.8) is 0 Å². The van der Waals surface area contributed by atoms with Crippen LogP contribution in [0.1, 0.15) is 72.1 Å². The highest BCUT2D eigenvalue weighted by Crippen LogP contribution is 2.66. The largest absolute Gasteiger partial charge is 0.393 e. The van der Waals surface area contributed by atoms with E-state index in [-0.39, 0.29) is 28.8 Å². The Balaban J connectivity index is 1.71. The van der Waals surface area contributed by atoms with Crippen LogP contribution in [-0.2, 0) is 9.59 Å². The van der Waals surface area contributed by atoms with Gasteiger partial charge in [-0.25, -0.2) is 0 Å². The molecule has 4 saturated carbocycles. The summed E-state index contributed by atoms with van der Waals surface area (Å²) in [6.07, 6.45) is 6.77. The lowest BCUT2D eigenvalue weighted by atomic mass is 9.43. The number of hydrogen-bond acceptors (Lipinski definition) is 3. The number of aliphatic hydroxyl groups is 1. The molecule has 4 rings (SSSR count). The van der Waals surface area contributed by atoms with Crippen LogP contribution in [0.4, 0.5) is 0 Å². The first-order valence-corrected chi connectivity index (χ1v) is 10.1. The van der Waals surface area contributed by atoms with E-state index >= 15 is 0 Å². The molecule has 134 valence electrons. The molecule has 0 heterocycles. The highest BCUT2D eigenvalue weighted by atomic mass is 16.3. The van der Waals surface area contributed by atoms with Gasteiger partial charge in [0.05, 0.1) is 6.10 Å². The smallest absolute Gasteiger partial charge is 0.139 e. The first-order valence-electron chi connectivity index (χ1n) is 10.1. The molecule has 0 amide bonds. The molecule has 4 aliphatic rings. The molecule has 1 unspecified atom stereocenters. The molecule has 0 bridgehead atoms. The Morgan fingerprint density at radius 3 is 2.54 bits per heavy atom. The van der Waals surface area contributed by atoms with Crippen LogP contribution in [-0.4, -0.2) is 22.8 Å². The molecule has 4 fully saturated rings. The Morgan fingerprint density at radius 2 is 1.83 bits per heavy atom. The van der Waals surface area contributed by atoms with E-state index in [4.69, 9.17) is 0 Å². The average Bonchev–Trinajstić information content (AvgIpc) is 2.84. The van der Waals surface area contributed by atoms with Gasteiger partial charge in [0.15, 0.2) is 0 Å². The third-order valence-corrected chi connectivity index (χ3v) is 8.88. The summed E-state index contributed by atoms with van der Waals surface area (Å²) in [5.41, 5.74) is -0.0669. The first-order chi connectivity index (χ1) is 11.3. The number of rotatable bonds is 1. The quantitative estimate of drug-likeness (QED) is 0.795. The summed E-state index contributed by atoms with van der Waals surface area (Å²) in [5.74, 6) is 2.50. The van der Waals surface area contributed by atoms with Crippen LogP contribution in [0.5, 0.6) is 0 Å². The third kappa shape index (κ3) is 2.00. The second kappa shape index (κ2) is 5.40. The second-order valence-electron chi connectivity index (χ2n) is 9.61. The van der Waals surface area contributed by atoms with Gasteiger partial charge in [-0.15, -0.1) is 0 Å². The Labute approximate surface area is 145 Å². The molecule has 0 radical (unpaired) electrons. The molecule has 0 aromatic heterocycles. The van der Waals surface area contributed by atoms with Crippen molar-refractivity contribution in [1.29, 1.82) is 0 Å². The van der Waals surface area contributed by atoms with E-state index in [1.165, 1.54) is 0 Å². The minimum absolute atomic E-state index is 0.0400. The molecule has 0 saturated heterocycles. The number of ketones is 2. The van der Waals surface area contributed by atoms with Gasteiger partial charge < -0.3 is 5.11 Å². The van der Waals surface area contributed by atoms with Crippen LogP contribution in [0.15, 0.2) is 0 Å². The van der Waals surface area contributed by atoms with Gasteiger partial charge in [0.1, 0.15) is 11.6 Å². The molecule has 8 atom stereocenters. The Hall–Kier alpha value is -0.700. The second-order valence-corrected chi connectivity index (χ2v) is 9.61. The molecule has 1 N–H and O–H groups in total. The summed E-state index contributed by atoms with van der Waals surface area (Å²) < 4.78 is 0. The van der Waals surface area contributed by atoms with Crippen LogP contribution in [0.2, 0.25) is 0 Å². The molecule has 4 aliphatic carbocycles. The zero-order chi connectivity index (χ0) is 17.3. The summed E-state index contributed by atoms with van der Waals surface area (Å²) >= 11 is 0. The standard InChI is InChI=1S/C21H32O3/c1-4-12-16(22)8-10-21(3)15-7-9-20(2)14(5-6-18(20)24)13(15)11-17(23)19(12)21/h12-15,17,19,23H,4-11H2,1-3H3/t12-,13-,14-,15-,17-,19?,20-,21+/m0/s1. The van der Waals surface area contributed by atoms with E-state index in [9.17, 15) is 14.7 Å².